The molecule has 0 aromatic heterocycles. The predicted molar refractivity (Wildman–Crippen MR) is 92.8 cm³/mol. The van der Waals surface area contributed by atoms with Gasteiger partial charge in [0.25, 0.3) is 5.91 Å². The fraction of sp³-hybridized carbons (Fsp3) is 0.500. The number of rotatable bonds is 3. The van der Waals surface area contributed by atoms with E-state index in [0.717, 1.165) is 25.9 Å². The maximum Gasteiger partial charge on any atom is 0.255 e. The van der Waals surface area contributed by atoms with Gasteiger partial charge in [0.05, 0.1) is 5.88 Å². The molecule has 0 saturated carbocycles. The molecule has 23 heavy (non-hydrogen) atoms. The number of nitrogens with zero attached hydrogens (tertiary/aromatic N) is 1. The lowest BCUT2D eigenvalue weighted by Crippen LogP contribution is -2.53. The van der Waals surface area contributed by atoms with E-state index < -0.39 is 6.04 Å². The fourth-order valence-corrected chi connectivity index (χ4v) is 4.17. The molecule has 2 fully saturated rings. The number of piperidine rings is 1. The van der Waals surface area contributed by atoms with Gasteiger partial charge in [-0.3, -0.25) is 9.59 Å². The number of carbonyl (C=O) groups is 2. The van der Waals surface area contributed by atoms with E-state index in [1.165, 1.54) is 0 Å². The van der Waals surface area contributed by atoms with Crippen LogP contribution in [0.3, 0.4) is 0 Å². The van der Waals surface area contributed by atoms with E-state index in [9.17, 15) is 9.59 Å². The van der Waals surface area contributed by atoms with Crippen molar-refractivity contribution in [3.8, 4) is 0 Å². The van der Waals surface area contributed by atoms with Crippen LogP contribution in [0.15, 0.2) is 24.3 Å². The van der Waals surface area contributed by atoms with E-state index >= 15 is 0 Å². The zero-order valence-corrected chi connectivity index (χ0v) is 14.3. The number of hydrogen-bond donors (Lipinski definition) is 2. The Morgan fingerprint density at radius 2 is 2.09 bits per heavy atom. The van der Waals surface area contributed by atoms with Gasteiger partial charge in [-0.2, -0.15) is 0 Å². The van der Waals surface area contributed by atoms with Crippen molar-refractivity contribution in [3.05, 3.63) is 34.9 Å². The first kappa shape index (κ1) is 16.6. The Hall–Kier alpha value is -1.24. The van der Waals surface area contributed by atoms with Crippen LogP contribution in [-0.2, 0) is 4.79 Å². The van der Waals surface area contributed by atoms with E-state index in [1.54, 1.807) is 40.9 Å². The first-order valence-corrected chi connectivity index (χ1v) is 9.34. The molecule has 124 valence electrons. The zero-order chi connectivity index (χ0) is 16.2. The highest BCUT2D eigenvalue weighted by Crippen LogP contribution is 2.24. The molecule has 1 aromatic rings. The Morgan fingerprint density at radius 1 is 1.30 bits per heavy atom. The average molecular weight is 354 g/mol. The third-order valence-electron chi connectivity index (χ3n) is 4.18. The summed E-state index contributed by atoms with van der Waals surface area (Å²) in [4.78, 5) is 26.8. The van der Waals surface area contributed by atoms with Crippen molar-refractivity contribution in [2.75, 3.05) is 24.7 Å². The number of nitrogens with one attached hydrogen (secondary N) is 2. The SMILES string of the molecule is O=C(NC1CCCNC1)C1CSCN1C(=O)c1ccc(Cl)cc1. The molecule has 2 saturated heterocycles. The smallest absolute Gasteiger partial charge is 0.255 e. The van der Waals surface area contributed by atoms with Gasteiger partial charge in [0.1, 0.15) is 6.04 Å². The predicted octanol–water partition coefficient (Wildman–Crippen LogP) is 1.72. The molecule has 2 aliphatic heterocycles. The quantitative estimate of drug-likeness (QED) is 0.868. The van der Waals surface area contributed by atoms with Gasteiger partial charge in [-0.15, -0.1) is 11.8 Å². The van der Waals surface area contributed by atoms with Crippen molar-refractivity contribution in [3.63, 3.8) is 0 Å². The minimum atomic E-state index is -0.398. The summed E-state index contributed by atoms with van der Waals surface area (Å²) >= 11 is 7.47. The topological polar surface area (TPSA) is 61.4 Å². The van der Waals surface area contributed by atoms with E-state index in [0.29, 0.717) is 22.2 Å². The summed E-state index contributed by atoms with van der Waals surface area (Å²) in [6, 6.07) is 6.56. The summed E-state index contributed by atoms with van der Waals surface area (Å²) in [5, 5.41) is 6.95. The van der Waals surface area contributed by atoms with Gasteiger partial charge in [0, 0.05) is 28.9 Å². The van der Waals surface area contributed by atoms with Crippen LogP contribution in [0.4, 0.5) is 0 Å². The highest BCUT2D eigenvalue weighted by atomic mass is 35.5. The second-order valence-corrected chi connectivity index (χ2v) is 7.29. The van der Waals surface area contributed by atoms with Gasteiger partial charge in [0.15, 0.2) is 0 Å². The Bertz CT molecular complexity index is 575. The van der Waals surface area contributed by atoms with Crippen LogP contribution in [0.2, 0.25) is 5.02 Å². The number of benzene rings is 1. The molecular weight excluding hydrogens is 334 g/mol. The second kappa shape index (κ2) is 7.55. The summed E-state index contributed by atoms with van der Waals surface area (Å²) in [6.45, 7) is 1.81. The molecule has 0 radical (unpaired) electrons. The third kappa shape index (κ3) is 4.00. The summed E-state index contributed by atoms with van der Waals surface area (Å²) in [6.07, 6.45) is 2.06. The standard InChI is InChI=1S/C16H20ClN3O2S/c17-12-5-3-11(4-6-12)16(22)20-10-23-9-14(20)15(21)19-13-2-1-7-18-8-13/h3-6,13-14,18H,1-2,7-10H2,(H,19,21). The maximum atomic E-state index is 12.6. The van der Waals surface area contributed by atoms with Crippen LogP contribution in [0.1, 0.15) is 23.2 Å². The minimum absolute atomic E-state index is 0.0500. The number of hydrogen-bond acceptors (Lipinski definition) is 4. The average Bonchev–Trinajstić information content (AvgIpc) is 3.05. The second-order valence-electron chi connectivity index (χ2n) is 5.85. The maximum absolute atomic E-state index is 12.6. The lowest BCUT2D eigenvalue weighted by Gasteiger charge is -2.28. The fourth-order valence-electron chi connectivity index (χ4n) is 2.89. The van der Waals surface area contributed by atoms with Crippen LogP contribution in [0.25, 0.3) is 0 Å². The molecule has 3 rings (SSSR count). The normalized spacial score (nSPS) is 24.5. The van der Waals surface area contributed by atoms with Crippen molar-refractivity contribution in [2.45, 2.75) is 24.9 Å². The summed E-state index contributed by atoms with van der Waals surface area (Å²) in [5.74, 6) is 1.02. The van der Waals surface area contributed by atoms with E-state index in [2.05, 4.69) is 10.6 Å². The van der Waals surface area contributed by atoms with Gasteiger partial charge in [-0.25, -0.2) is 0 Å². The molecule has 2 heterocycles. The zero-order valence-electron chi connectivity index (χ0n) is 12.8. The Balaban J connectivity index is 1.65. The van der Waals surface area contributed by atoms with Crippen molar-refractivity contribution in [2.24, 2.45) is 0 Å². The molecule has 0 bridgehead atoms. The molecule has 2 aliphatic rings. The lowest BCUT2D eigenvalue weighted by atomic mass is 10.1. The number of amides is 2. The van der Waals surface area contributed by atoms with Crippen LogP contribution >= 0.6 is 23.4 Å². The van der Waals surface area contributed by atoms with Crippen LogP contribution in [0, 0.1) is 0 Å². The molecule has 2 N–H and O–H groups in total. The van der Waals surface area contributed by atoms with Crippen molar-refractivity contribution in [1.29, 1.82) is 0 Å². The van der Waals surface area contributed by atoms with Gasteiger partial charge < -0.3 is 15.5 Å². The van der Waals surface area contributed by atoms with Crippen LogP contribution in [0.5, 0.6) is 0 Å². The molecule has 7 heteroatoms. The minimum Gasteiger partial charge on any atom is -0.350 e. The molecule has 2 unspecified atom stereocenters. The summed E-state index contributed by atoms with van der Waals surface area (Å²) in [5.41, 5.74) is 0.564. The van der Waals surface area contributed by atoms with Gasteiger partial charge in [0.2, 0.25) is 5.91 Å². The van der Waals surface area contributed by atoms with Crippen molar-refractivity contribution in [1.82, 2.24) is 15.5 Å². The van der Waals surface area contributed by atoms with Gasteiger partial charge in [-0.1, -0.05) is 11.6 Å². The Morgan fingerprint density at radius 3 is 2.78 bits per heavy atom. The van der Waals surface area contributed by atoms with Crippen LogP contribution < -0.4 is 10.6 Å². The molecule has 5 nitrogen and oxygen atoms in total. The summed E-state index contributed by atoms with van der Waals surface area (Å²) < 4.78 is 0. The Kier molecular flexibility index (Phi) is 5.46. The van der Waals surface area contributed by atoms with E-state index in [1.807, 2.05) is 0 Å². The largest absolute Gasteiger partial charge is 0.350 e. The van der Waals surface area contributed by atoms with E-state index in [-0.39, 0.29) is 17.9 Å². The monoisotopic (exact) mass is 353 g/mol. The Labute approximate surface area is 145 Å². The highest BCUT2D eigenvalue weighted by molar-refractivity contribution is 7.99. The van der Waals surface area contributed by atoms with Gasteiger partial charge in [-0.05, 0) is 43.7 Å². The first-order chi connectivity index (χ1) is 11.1. The van der Waals surface area contributed by atoms with Crippen molar-refractivity contribution >= 4 is 35.2 Å². The number of carbonyl (C=O) groups excluding carboxylic acids is 2. The molecular formula is C16H20ClN3O2S. The molecule has 2 atom stereocenters. The lowest BCUT2D eigenvalue weighted by molar-refractivity contribution is -0.125. The molecule has 2 amide bonds. The van der Waals surface area contributed by atoms with Gasteiger partial charge >= 0.3 is 0 Å². The highest BCUT2D eigenvalue weighted by Gasteiger charge is 2.35. The van der Waals surface area contributed by atoms with Crippen molar-refractivity contribution < 1.29 is 9.59 Å². The van der Waals surface area contributed by atoms with E-state index in [4.69, 9.17) is 11.6 Å². The number of thioether (sulfide) groups is 1. The van der Waals surface area contributed by atoms with Crippen LogP contribution in [-0.4, -0.2) is 53.5 Å². The molecule has 1 aromatic carbocycles. The first-order valence-electron chi connectivity index (χ1n) is 7.80. The third-order valence-corrected chi connectivity index (χ3v) is 5.44. The summed E-state index contributed by atoms with van der Waals surface area (Å²) in [7, 11) is 0. The molecule has 0 spiro atoms. The number of halogens is 1. The molecule has 0 aliphatic carbocycles.